The smallest absolute Gasteiger partial charge is 0.136 e. The third-order valence-corrected chi connectivity index (χ3v) is 14.2. The third-order valence-electron chi connectivity index (χ3n) is 14.2. The molecule has 0 radical (unpaired) electrons. The van der Waals surface area contributed by atoms with Crippen molar-refractivity contribution in [3.05, 3.63) is 246 Å². The van der Waals surface area contributed by atoms with Crippen LogP contribution in [0.15, 0.2) is 223 Å². The first-order chi connectivity index (χ1) is 31.9. The zero-order chi connectivity index (χ0) is 43.4. The molecule has 65 heavy (non-hydrogen) atoms. The molecule has 1 aromatic heterocycles. The van der Waals surface area contributed by atoms with Gasteiger partial charge in [0.25, 0.3) is 0 Å². The number of hydrogen-bond acceptors (Lipinski definition) is 2. The SMILES string of the molecule is CC(C)(C)c1ccc(N(c2ccc3c(c2)-c2ccccc2C32c3ccccc3-c3ccccc32)c2ccc3ccccc3c2-c2cccc3oc4ccccc4c23)c(-c2ccccc2)c1. The molecule has 2 heteroatoms. The maximum atomic E-state index is 6.58. The van der Waals surface area contributed by atoms with Gasteiger partial charge in [-0.1, -0.05) is 197 Å². The fourth-order valence-electron chi connectivity index (χ4n) is 11.4. The van der Waals surface area contributed by atoms with Crippen LogP contribution in [0.2, 0.25) is 0 Å². The van der Waals surface area contributed by atoms with Gasteiger partial charge < -0.3 is 9.32 Å². The van der Waals surface area contributed by atoms with E-state index in [9.17, 15) is 0 Å². The van der Waals surface area contributed by atoms with Crippen LogP contribution in [-0.2, 0) is 10.8 Å². The minimum atomic E-state index is -0.432. The number of hydrogen-bond donors (Lipinski definition) is 0. The number of anilines is 3. The number of fused-ring (bicyclic) bond motifs is 14. The Kier molecular flexibility index (Phi) is 8.12. The summed E-state index contributed by atoms with van der Waals surface area (Å²) < 4.78 is 6.58. The van der Waals surface area contributed by atoms with Crippen LogP contribution in [0.4, 0.5) is 17.1 Å². The largest absolute Gasteiger partial charge is 0.456 e. The quantitative estimate of drug-likeness (QED) is 0.172. The van der Waals surface area contributed by atoms with Gasteiger partial charge in [0.15, 0.2) is 0 Å². The molecule has 0 amide bonds. The summed E-state index contributed by atoms with van der Waals surface area (Å²) >= 11 is 0. The van der Waals surface area contributed by atoms with E-state index in [1.807, 2.05) is 0 Å². The second kappa shape index (κ2) is 14.0. The molecule has 2 nitrogen and oxygen atoms in total. The summed E-state index contributed by atoms with van der Waals surface area (Å²) in [5, 5.41) is 4.60. The zero-order valence-electron chi connectivity index (χ0n) is 36.6. The van der Waals surface area contributed by atoms with Crippen LogP contribution in [-0.4, -0.2) is 0 Å². The molecule has 0 unspecified atom stereocenters. The molecule has 2 aliphatic rings. The van der Waals surface area contributed by atoms with Gasteiger partial charge in [-0.15, -0.1) is 0 Å². The molecule has 0 N–H and O–H groups in total. The highest BCUT2D eigenvalue weighted by atomic mass is 16.3. The molecule has 10 aromatic carbocycles. The monoisotopic (exact) mass is 831 g/mol. The van der Waals surface area contributed by atoms with Crippen molar-refractivity contribution in [2.45, 2.75) is 31.6 Å². The predicted molar refractivity (Wildman–Crippen MR) is 272 cm³/mol. The molecule has 11 aromatic rings. The Morgan fingerprint density at radius 3 is 1.69 bits per heavy atom. The number of furan rings is 1. The van der Waals surface area contributed by atoms with E-state index in [2.05, 4.69) is 244 Å². The number of nitrogens with zero attached hydrogens (tertiary/aromatic N) is 1. The van der Waals surface area contributed by atoms with Crippen LogP contribution >= 0.6 is 0 Å². The van der Waals surface area contributed by atoms with E-state index in [4.69, 9.17) is 4.42 Å². The first-order valence-corrected chi connectivity index (χ1v) is 22.8. The van der Waals surface area contributed by atoms with E-state index >= 15 is 0 Å². The fourth-order valence-corrected chi connectivity index (χ4v) is 11.4. The molecular formula is C63H45NO. The molecule has 1 heterocycles. The number of rotatable bonds is 5. The van der Waals surface area contributed by atoms with Crippen LogP contribution in [0.5, 0.6) is 0 Å². The van der Waals surface area contributed by atoms with Crippen molar-refractivity contribution >= 4 is 49.8 Å². The van der Waals surface area contributed by atoms with Gasteiger partial charge in [0.1, 0.15) is 11.2 Å². The van der Waals surface area contributed by atoms with E-state index in [-0.39, 0.29) is 5.41 Å². The summed E-state index contributed by atoms with van der Waals surface area (Å²) in [6.07, 6.45) is 0. The lowest BCUT2D eigenvalue weighted by Crippen LogP contribution is -2.25. The molecule has 308 valence electrons. The van der Waals surface area contributed by atoms with Crippen molar-refractivity contribution in [2.24, 2.45) is 0 Å². The Labute approximate surface area is 379 Å². The van der Waals surface area contributed by atoms with Crippen LogP contribution in [0, 0.1) is 0 Å². The van der Waals surface area contributed by atoms with Crippen molar-refractivity contribution in [3.63, 3.8) is 0 Å². The van der Waals surface area contributed by atoms with Crippen molar-refractivity contribution < 1.29 is 4.42 Å². The Bertz CT molecular complexity index is 3670. The standard InChI is InChI=1S/C63H45NO/c1-62(2,3)42-33-37-56(50(38-42)40-18-5-4-6-19-40)64(57-36-32-41-20-7-8-21-44(41)60(57)49-26-17-31-59-61(49)48-25-12-16-30-58(48)65-59)43-34-35-55-51(39-43)47-24-11-15-29-54(47)63(55)52-27-13-9-22-45(52)46-23-10-14-28-53(46)63/h4-39H,1-3H3. The Morgan fingerprint density at radius 2 is 0.969 bits per heavy atom. The first-order valence-electron chi connectivity index (χ1n) is 22.8. The molecule has 2 aliphatic carbocycles. The van der Waals surface area contributed by atoms with Gasteiger partial charge in [0, 0.05) is 27.6 Å². The van der Waals surface area contributed by atoms with E-state index < -0.39 is 5.41 Å². The van der Waals surface area contributed by atoms with E-state index in [1.54, 1.807) is 0 Å². The Hall–Kier alpha value is -7.94. The average Bonchev–Trinajstić information content (AvgIpc) is 3.98. The van der Waals surface area contributed by atoms with Crippen LogP contribution in [0.25, 0.3) is 77.2 Å². The van der Waals surface area contributed by atoms with Crippen molar-refractivity contribution in [1.82, 2.24) is 0 Å². The summed E-state index contributed by atoms with van der Waals surface area (Å²) in [7, 11) is 0. The zero-order valence-corrected chi connectivity index (χ0v) is 36.6. The molecule has 0 atom stereocenters. The van der Waals surface area contributed by atoms with E-state index in [1.165, 1.54) is 72.0 Å². The number of para-hydroxylation sites is 1. The second-order valence-electron chi connectivity index (χ2n) is 18.8. The second-order valence-corrected chi connectivity index (χ2v) is 18.8. The molecule has 13 rings (SSSR count). The molecule has 1 spiro atoms. The number of benzene rings is 10. The topological polar surface area (TPSA) is 16.4 Å². The molecule has 0 saturated carbocycles. The van der Waals surface area contributed by atoms with E-state index in [0.29, 0.717) is 0 Å². The van der Waals surface area contributed by atoms with Gasteiger partial charge in [0.2, 0.25) is 0 Å². The van der Waals surface area contributed by atoms with E-state index in [0.717, 1.165) is 50.1 Å². The summed E-state index contributed by atoms with van der Waals surface area (Å²) in [4.78, 5) is 2.54. The Balaban J connectivity index is 1.15. The Morgan fingerprint density at radius 1 is 0.400 bits per heavy atom. The summed E-state index contributed by atoms with van der Waals surface area (Å²) in [6, 6.07) is 81.0. The van der Waals surface area contributed by atoms with Crippen LogP contribution < -0.4 is 4.90 Å². The van der Waals surface area contributed by atoms with Gasteiger partial charge in [-0.2, -0.15) is 0 Å². The lowest BCUT2D eigenvalue weighted by Gasteiger charge is -2.33. The molecular weight excluding hydrogens is 787 g/mol. The summed E-state index contributed by atoms with van der Waals surface area (Å²) in [5.74, 6) is 0. The first kappa shape index (κ1) is 37.6. The van der Waals surface area contributed by atoms with Crippen LogP contribution in [0.3, 0.4) is 0 Å². The highest BCUT2D eigenvalue weighted by molar-refractivity contribution is 6.18. The van der Waals surface area contributed by atoms with Gasteiger partial charge in [-0.25, -0.2) is 0 Å². The van der Waals surface area contributed by atoms with Crippen molar-refractivity contribution in [2.75, 3.05) is 4.90 Å². The highest BCUT2D eigenvalue weighted by Gasteiger charge is 2.51. The summed E-state index contributed by atoms with van der Waals surface area (Å²) in [5.41, 5.74) is 21.0. The molecule has 0 aliphatic heterocycles. The molecule has 0 fully saturated rings. The van der Waals surface area contributed by atoms with Gasteiger partial charge in [-0.3, -0.25) is 0 Å². The predicted octanol–water partition coefficient (Wildman–Crippen LogP) is 17.2. The van der Waals surface area contributed by atoms with Gasteiger partial charge in [-0.05, 0) is 120 Å². The maximum Gasteiger partial charge on any atom is 0.136 e. The van der Waals surface area contributed by atoms with Crippen molar-refractivity contribution in [1.29, 1.82) is 0 Å². The van der Waals surface area contributed by atoms with Gasteiger partial charge >= 0.3 is 0 Å². The third kappa shape index (κ3) is 5.41. The summed E-state index contributed by atoms with van der Waals surface area (Å²) in [6.45, 7) is 6.91. The average molecular weight is 832 g/mol. The highest BCUT2D eigenvalue weighted by Crippen LogP contribution is 2.63. The van der Waals surface area contributed by atoms with Gasteiger partial charge in [0.05, 0.1) is 16.8 Å². The van der Waals surface area contributed by atoms with Crippen LogP contribution in [0.1, 0.15) is 48.6 Å². The maximum absolute atomic E-state index is 6.58. The minimum absolute atomic E-state index is 0.0571. The lowest BCUT2D eigenvalue weighted by atomic mass is 9.70. The lowest BCUT2D eigenvalue weighted by molar-refractivity contribution is 0.590. The molecule has 0 saturated heterocycles. The van der Waals surface area contributed by atoms with Crippen molar-refractivity contribution in [3.8, 4) is 44.5 Å². The normalized spacial score (nSPS) is 13.3. The fraction of sp³-hybridized carbons (Fsp3) is 0.0794. The minimum Gasteiger partial charge on any atom is -0.456 e. The molecule has 0 bridgehead atoms.